The molecule has 3 fully saturated rings. The topological polar surface area (TPSA) is 138 Å². The molecule has 3 saturated carbocycles. The van der Waals surface area contributed by atoms with Crippen molar-refractivity contribution in [3.63, 3.8) is 0 Å². The molecule has 0 saturated heterocycles. The second-order valence-corrected chi connectivity index (χ2v) is 11.1. The van der Waals surface area contributed by atoms with Gasteiger partial charge < -0.3 is 20.1 Å². The summed E-state index contributed by atoms with van der Waals surface area (Å²) >= 11 is 0. The van der Waals surface area contributed by atoms with Gasteiger partial charge in [-0.05, 0) is 55.6 Å². The summed E-state index contributed by atoms with van der Waals surface area (Å²) in [5.41, 5.74) is -2.04. The average molecular weight is 475 g/mol. The predicted molar refractivity (Wildman–Crippen MR) is 120 cm³/mol. The average Bonchev–Trinajstić information content (AvgIpc) is 3.03. The molecule has 8 heteroatoms. The van der Waals surface area contributed by atoms with E-state index in [0.29, 0.717) is 6.42 Å². The van der Waals surface area contributed by atoms with Crippen LogP contribution in [0.4, 0.5) is 0 Å². The molecule has 0 amide bonds. The first-order chi connectivity index (χ1) is 15.8. The fourth-order valence-electron chi connectivity index (χ4n) is 7.76. The lowest BCUT2D eigenvalue weighted by Gasteiger charge is -2.60. The van der Waals surface area contributed by atoms with Crippen LogP contribution in [0.15, 0.2) is 23.8 Å². The van der Waals surface area contributed by atoms with Crippen molar-refractivity contribution in [2.24, 2.45) is 34.5 Å². The molecule has 34 heavy (non-hydrogen) atoms. The van der Waals surface area contributed by atoms with Gasteiger partial charge in [-0.3, -0.25) is 19.2 Å². The van der Waals surface area contributed by atoms with Crippen molar-refractivity contribution >= 4 is 23.5 Å². The van der Waals surface area contributed by atoms with Gasteiger partial charge in [0.25, 0.3) is 0 Å². The lowest BCUT2D eigenvalue weighted by Crippen LogP contribution is -2.62. The number of esters is 1. The van der Waals surface area contributed by atoms with Crippen molar-refractivity contribution < 1.29 is 39.2 Å². The molecule has 0 aliphatic heterocycles. The number of carbonyl (C=O) groups excluding carboxylic acids is 3. The fraction of sp³-hybridized carbons (Fsp3) is 0.692. The van der Waals surface area contributed by atoms with E-state index in [-0.39, 0.29) is 55.1 Å². The number of fused-ring (bicyclic) bond motifs is 5. The number of ketones is 2. The third-order valence-electron chi connectivity index (χ3n) is 9.34. The summed E-state index contributed by atoms with van der Waals surface area (Å²) in [6.07, 6.45) is 5.52. The number of Topliss-reactive ketones (excluding diaryl/α,β-unsaturated/α-hetero) is 1. The van der Waals surface area contributed by atoms with Gasteiger partial charge >= 0.3 is 11.9 Å². The second-order valence-electron chi connectivity index (χ2n) is 11.1. The monoisotopic (exact) mass is 474 g/mol. The molecule has 3 N–H and O–H groups in total. The predicted octanol–water partition coefficient (Wildman–Crippen LogP) is 2.22. The number of carboxylic acid groups (broad SMARTS) is 1. The number of ether oxygens (including phenoxy) is 1. The van der Waals surface area contributed by atoms with Crippen molar-refractivity contribution in [2.75, 3.05) is 6.61 Å². The summed E-state index contributed by atoms with van der Waals surface area (Å²) in [5, 5.41) is 31.7. The Labute approximate surface area is 199 Å². The third kappa shape index (κ3) is 3.66. The molecule has 0 aromatic carbocycles. The smallest absolute Gasteiger partial charge is 0.306 e. The minimum Gasteiger partial charge on any atom is -0.481 e. The zero-order chi connectivity index (χ0) is 25.1. The van der Waals surface area contributed by atoms with E-state index in [9.17, 15) is 29.4 Å². The highest BCUT2D eigenvalue weighted by atomic mass is 16.5. The maximum absolute atomic E-state index is 13.1. The number of hydrogen-bond donors (Lipinski definition) is 3. The van der Waals surface area contributed by atoms with Gasteiger partial charge in [0, 0.05) is 16.7 Å². The van der Waals surface area contributed by atoms with Gasteiger partial charge in [0.05, 0.1) is 18.9 Å². The van der Waals surface area contributed by atoms with Gasteiger partial charge in [0.1, 0.15) is 5.60 Å². The Bertz CT molecular complexity index is 981. The molecule has 4 aliphatic carbocycles. The Morgan fingerprint density at radius 3 is 2.59 bits per heavy atom. The van der Waals surface area contributed by atoms with E-state index < -0.39 is 46.9 Å². The molecule has 0 bridgehead atoms. The minimum atomic E-state index is -1.74. The lowest BCUT2D eigenvalue weighted by atomic mass is 9.45. The van der Waals surface area contributed by atoms with Crippen LogP contribution < -0.4 is 0 Å². The zero-order valence-electron chi connectivity index (χ0n) is 20.0. The van der Waals surface area contributed by atoms with Crippen LogP contribution >= 0.6 is 0 Å². The lowest BCUT2D eigenvalue weighted by molar-refractivity contribution is -0.182. The summed E-state index contributed by atoms with van der Waals surface area (Å²) in [6.45, 7) is 5.40. The van der Waals surface area contributed by atoms with Gasteiger partial charge in [-0.2, -0.15) is 0 Å². The molecule has 4 aliphatic rings. The number of allylic oxidation sites excluding steroid dienone is 4. The number of carboxylic acids is 1. The number of aliphatic hydroxyl groups excluding tert-OH is 1. The van der Waals surface area contributed by atoms with E-state index >= 15 is 0 Å². The fourth-order valence-corrected chi connectivity index (χ4v) is 7.76. The Kier molecular flexibility index (Phi) is 6.13. The molecule has 4 rings (SSSR count). The van der Waals surface area contributed by atoms with Gasteiger partial charge in [-0.15, -0.1) is 0 Å². The summed E-state index contributed by atoms with van der Waals surface area (Å²) < 4.78 is 4.98. The van der Waals surface area contributed by atoms with Crippen molar-refractivity contribution in [1.82, 2.24) is 0 Å². The van der Waals surface area contributed by atoms with E-state index in [1.54, 1.807) is 12.2 Å². The normalized spacial score (nSPS) is 42.8. The van der Waals surface area contributed by atoms with E-state index in [2.05, 4.69) is 13.8 Å². The van der Waals surface area contributed by atoms with Crippen LogP contribution in [0.25, 0.3) is 0 Å². The number of rotatable bonds is 6. The molecule has 8 nitrogen and oxygen atoms in total. The van der Waals surface area contributed by atoms with Gasteiger partial charge in [0.15, 0.2) is 12.4 Å². The largest absolute Gasteiger partial charge is 0.481 e. The molecular formula is C26H34O8. The van der Waals surface area contributed by atoms with Crippen molar-refractivity contribution in [1.29, 1.82) is 0 Å². The maximum atomic E-state index is 13.1. The molecule has 0 radical (unpaired) electrons. The van der Waals surface area contributed by atoms with Crippen LogP contribution in [0.1, 0.15) is 59.3 Å². The molecule has 0 spiro atoms. The molecular weight excluding hydrogens is 440 g/mol. The van der Waals surface area contributed by atoms with Crippen molar-refractivity contribution in [3.05, 3.63) is 23.8 Å². The van der Waals surface area contributed by atoms with E-state index in [0.717, 1.165) is 12.0 Å². The van der Waals surface area contributed by atoms with E-state index in [1.165, 1.54) is 0 Å². The molecule has 186 valence electrons. The van der Waals surface area contributed by atoms with Crippen LogP contribution in [-0.2, 0) is 23.9 Å². The first-order valence-corrected chi connectivity index (χ1v) is 12.1. The molecule has 0 unspecified atom stereocenters. The van der Waals surface area contributed by atoms with E-state index in [4.69, 9.17) is 9.84 Å². The highest BCUT2D eigenvalue weighted by Crippen LogP contribution is 2.67. The van der Waals surface area contributed by atoms with Crippen LogP contribution in [0, 0.1) is 34.5 Å². The molecule has 0 heterocycles. The molecule has 0 aromatic rings. The Morgan fingerprint density at radius 1 is 1.21 bits per heavy atom. The van der Waals surface area contributed by atoms with Crippen LogP contribution in [0.2, 0.25) is 0 Å². The summed E-state index contributed by atoms with van der Waals surface area (Å²) in [6, 6.07) is 0. The number of aliphatic hydroxyl groups is 2. The van der Waals surface area contributed by atoms with Crippen LogP contribution in [-0.4, -0.2) is 57.1 Å². The molecule has 8 atom stereocenters. The maximum Gasteiger partial charge on any atom is 0.306 e. The third-order valence-corrected chi connectivity index (χ3v) is 9.34. The summed E-state index contributed by atoms with van der Waals surface area (Å²) in [7, 11) is 0. The number of aliphatic carboxylic acids is 1. The standard InChI is InChI=1S/C26H34O8/c1-14-10-16-17-7-9-26(33,20(29)13-34-22(32)5-4-21(30)31)25(17,3)12-19(28)23(16)24(2)8-6-15(27)11-18(14)24/h6,8,11,14,16-17,19,23,28,33H,4-5,7,9-10,12-13H2,1-3H3,(H,30,31)/t14-,16+,17+,19+,23-,24-,25+,26+/m0/s1. The molecule has 0 aromatic heterocycles. The first-order valence-electron chi connectivity index (χ1n) is 12.1. The highest BCUT2D eigenvalue weighted by molar-refractivity contribution is 6.01. The number of carbonyl (C=O) groups is 4. The Morgan fingerprint density at radius 2 is 1.91 bits per heavy atom. The van der Waals surface area contributed by atoms with Crippen LogP contribution in [0.5, 0.6) is 0 Å². The minimum absolute atomic E-state index is 0.00980. The second kappa shape index (κ2) is 8.41. The Hall–Kier alpha value is -2.32. The van der Waals surface area contributed by atoms with Gasteiger partial charge in [-0.25, -0.2) is 0 Å². The summed E-state index contributed by atoms with van der Waals surface area (Å²) in [4.78, 5) is 47.7. The van der Waals surface area contributed by atoms with Crippen LogP contribution in [0.3, 0.4) is 0 Å². The van der Waals surface area contributed by atoms with Crippen molar-refractivity contribution in [2.45, 2.75) is 71.0 Å². The number of hydrogen-bond acceptors (Lipinski definition) is 7. The van der Waals surface area contributed by atoms with E-state index in [1.807, 2.05) is 13.0 Å². The summed E-state index contributed by atoms with van der Waals surface area (Å²) in [5.74, 6) is -2.51. The van der Waals surface area contributed by atoms with Crippen molar-refractivity contribution in [3.8, 4) is 0 Å². The SMILES string of the molecule is C[C@H]1C[C@H]2[C@@H]([C@H](O)C[C@]3(C)[C@@H]2CC[C@@]3(O)C(=O)COC(=O)CCC(=O)O)[C@@]2(C)C=CC(=O)C=C12. The van der Waals surface area contributed by atoms with Gasteiger partial charge in [-0.1, -0.05) is 32.4 Å². The quantitative estimate of drug-likeness (QED) is 0.498. The first kappa shape index (κ1) is 24.8. The Balaban J connectivity index is 1.56. The zero-order valence-corrected chi connectivity index (χ0v) is 20.0. The van der Waals surface area contributed by atoms with Gasteiger partial charge in [0.2, 0.25) is 5.78 Å². The highest BCUT2D eigenvalue weighted by Gasteiger charge is 2.68.